The van der Waals surface area contributed by atoms with Gasteiger partial charge in [-0.1, -0.05) is 23.2 Å². The zero-order valence-corrected chi connectivity index (χ0v) is 9.70. The molecule has 2 aromatic rings. The summed E-state index contributed by atoms with van der Waals surface area (Å²) in [6, 6.07) is 5.14. The Balaban J connectivity index is 2.58. The molecule has 0 saturated carbocycles. The largest absolute Gasteiger partial charge is 0.392 e. The maximum atomic E-state index is 9.18. The number of nitrogens with zero attached hydrogens (tertiary/aromatic N) is 2. The Hall–Kier alpha value is -1.16. The minimum atomic E-state index is -0.130. The topological polar surface area (TPSA) is 46.0 Å². The fourth-order valence-electron chi connectivity index (χ4n) is 1.40. The minimum Gasteiger partial charge on any atom is -0.392 e. The molecule has 3 nitrogen and oxygen atoms in total. The van der Waals surface area contributed by atoms with Gasteiger partial charge in [-0.25, -0.2) is 9.97 Å². The fraction of sp³-hybridized carbons (Fsp3) is 0.0909. The van der Waals surface area contributed by atoms with Gasteiger partial charge in [-0.05, 0) is 18.2 Å². The van der Waals surface area contributed by atoms with E-state index in [0.29, 0.717) is 21.3 Å². The summed E-state index contributed by atoms with van der Waals surface area (Å²) in [5, 5.41) is 10.2. The van der Waals surface area contributed by atoms with Gasteiger partial charge in [0.25, 0.3) is 0 Å². The summed E-state index contributed by atoms with van der Waals surface area (Å²) >= 11 is 11.9. The molecule has 0 radical (unpaired) electrons. The number of rotatable bonds is 2. The molecule has 1 aromatic heterocycles. The Morgan fingerprint density at radius 3 is 2.75 bits per heavy atom. The number of benzene rings is 1. The second-order valence-electron chi connectivity index (χ2n) is 3.18. The quantitative estimate of drug-likeness (QED) is 0.897. The van der Waals surface area contributed by atoms with Gasteiger partial charge in [-0.15, -0.1) is 0 Å². The molecule has 0 amide bonds. The minimum absolute atomic E-state index is 0.130. The second-order valence-corrected chi connectivity index (χ2v) is 4.02. The zero-order chi connectivity index (χ0) is 11.5. The van der Waals surface area contributed by atoms with Crippen LogP contribution in [0.25, 0.3) is 11.3 Å². The molecule has 0 aliphatic carbocycles. The molecule has 1 aromatic carbocycles. The van der Waals surface area contributed by atoms with E-state index in [-0.39, 0.29) is 6.61 Å². The Morgan fingerprint density at radius 1 is 1.25 bits per heavy atom. The molecule has 0 unspecified atom stereocenters. The summed E-state index contributed by atoms with van der Waals surface area (Å²) in [6.45, 7) is -0.130. The van der Waals surface area contributed by atoms with Crippen LogP contribution in [0.15, 0.2) is 30.7 Å². The lowest BCUT2D eigenvalue weighted by Crippen LogP contribution is -1.94. The highest BCUT2D eigenvalue weighted by Gasteiger charge is 2.09. The van der Waals surface area contributed by atoms with Crippen LogP contribution in [0.3, 0.4) is 0 Å². The van der Waals surface area contributed by atoms with Crippen molar-refractivity contribution in [1.29, 1.82) is 0 Å². The van der Waals surface area contributed by atoms with Crippen molar-refractivity contribution in [2.24, 2.45) is 0 Å². The predicted molar refractivity (Wildman–Crippen MR) is 63.4 cm³/mol. The van der Waals surface area contributed by atoms with Crippen LogP contribution in [0, 0.1) is 0 Å². The smallest absolute Gasteiger partial charge is 0.116 e. The normalized spacial score (nSPS) is 10.4. The highest BCUT2D eigenvalue weighted by Crippen LogP contribution is 2.30. The molecule has 2 rings (SSSR count). The fourth-order valence-corrected chi connectivity index (χ4v) is 1.90. The summed E-state index contributed by atoms with van der Waals surface area (Å²) in [6.07, 6.45) is 2.98. The average molecular weight is 255 g/mol. The van der Waals surface area contributed by atoms with E-state index in [9.17, 15) is 5.11 Å². The van der Waals surface area contributed by atoms with Crippen molar-refractivity contribution < 1.29 is 5.11 Å². The van der Waals surface area contributed by atoms with Gasteiger partial charge in [0, 0.05) is 22.3 Å². The van der Waals surface area contributed by atoms with E-state index in [1.54, 1.807) is 24.4 Å². The number of hydrogen-bond acceptors (Lipinski definition) is 3. The molecular formula is C11H8Cl2N2O. The van der Waals surface area contributed by atoms with Crippen LogP contribution < -0.4 is 0 Å². The summed E-state index contributed by atoms with van der Waals surface area (Å²) in [7, 11) is 0. The predicted octanol–water partition coefficient (Wildman–Crippen LogP) is 2.94. The van der Waals surface area contributed by atoms with Gasteiger partial charge < -0.3 is 5.11 Å². The maximum absolute atomic E-state index is 9.18. The van der Waals surface area contributed by atoms with Crippen LogP contribution >= 0.6 is 23.2 Å². The lowest BCUT2D eigenvalue weighted by Gasteiger charge is -2.07. The van der Waals surface area contributed by atoms with Crippen LogP contribution in [0.4, 0.5) is 0 Å². The van der Waals surface area contributed by atoms with Gasteiger partial charge in [0.15, 0.2) is 0 Å². The molecule has 0 saturated heterocycles. The van der Waals surface area contributed by atoms with Gasteiger partial charge in [0.1, 0.15) is 6.33 Å². The summed E-state index contributed by atoms with van der Waals surface area (Å²) < 4.78 is 0. The molecular weight excluding hydrogens is 247 g/mol. The standard InChI is InChI=1S/C11H8Cl2N2O/c12-8-1-2-9(10(13)3-8)11-7(5-16)4-14-6-15-11/h1-4,6,16H,5H2. The molecule has 16 heavy (non-hydrogen) atoms. The Morgan fingerprint density at radius 2 is 2.06 bits per heavy atom. The number of hydrogen-bond donors (Lipinski definition) is 1. The zero-order valence-electron chi connectivity index (χ0n) is 8.19. The summed E-state index contributed by atoms with van der Waals surface area (Å²) in [4.78, 5) is 7.96. The van der Waals surface area contributed by atoms with E-state index in [1.807, 2.05) is 0 Å². The van der Waals surface area contributed by atoms with Crippen molar-refractivity contribution in [2.45, 2.75) is 6.61 Å². The van der Waals surface area contributed by atoms with E-state index in [1.165, 1.54) is 6.33 Å². The van der Waals surface area contributed by atoms with Crippen molar-refractivity contribution >= 4 is 23.2 Å². The molecule has 0 aliphatic rings. The monoisotopic (exact) mass is 254 g/mol. The van der Waals surface area contributed by atoms with Crippen LogP contribution in [-0.2, 0) is 6.61 Å². The molecule has 1 N–H and O–H groups in total. The summed E-state index contributed by atoms with van der Waals surface area (Å²) in [5.74, 6) is 0. The molecule has 0 aliphatic heterocycles. The Kier molecular flexibility index (Phi) is 3.39. The van der Waals surface area contributed by atoms with Crippen LogP contribution in [0.5, 0.6) is 0 Å². The number of aromatic nitrogens is 2. The highest BCUT2D eigenvalue weighted by atomic mass is 35.5. The molecule has 0 fully saturated rings. The first-order valence-corrected chi connectivity index (χ1v) is 5.33. The Bertz CT molecular complexity index is 517. The first-order chi connectivity index (χ1) is 7.72. The number of aliphatic hydroxyl groups is 1. The average Bonchev–Trinajstić information content (AvgIpc) is 2.29. The first kappa shape index (κ1) is 11.3. The van der Waals surface area contributed by atoms with Gasteiger partial charge in [0.2, 0.25) is 0 Å². The van der Waals surface area contributed by atoms with Crippen LogP contribution in [-0.4, -0.2) is 15.1 Å². The Labute approximate surface area is 103 Å². The number of halogens is 2. The van der Waals surface area contributed by atoms with Crippen LogP contribution in [0.1, 0.15) is 5.56 Å². The van der Waals surface area contributed by atoms with Crippen molar-refractivity contribution in [1.82, 2.24) is 9.97 Å². The second kappa shape index (κ2) is 4.78. The highest BCUT2D eigenvalue weighted by molar-refractivity contribution is 6.36. The van der Waals surface area contributed by atoms with E-state index < -0.39 is 0 Å². The lowest BCUT2D eigenvalue weighted by atomic mass is 10.1. The van der Waals surface area contributed by atoms with Gasteiger partial charge >= 0.3 is 0 Å². The molecule has 0 bridgehead atoms. The van der Waals surface area contributed by atoms with Crippen molar-refractivity contribution in [2.75, 3.05) is 0 Å². The molecule has 0 spiro atoms. The molecule has 1 heterocycles. The third kappa shape index (κ3) is 2.16. The van der Waals surface area contributed by atoms with Gasteiger partial charge in [-0.3, -0.25) is 0 Å². The van der Waals surface area contributed by atoms with E-state index in [0.717, 1.165) is 5.56 Å². The SMILES string of the molecule is OCc1cncnc1-c1ccc(Cl)cc1Cl. The maximum Gasteiger partial charge on any atom is 0.116 e. The van der Waals surface area contributed by atoms with Gasteiger partial charge in [-0.2, -0.15) is 0 Å². The third-order valence-corrected chi connectivity index (χ3v) is 2.69. The van der Waals surface area contributed by atoms with E-state index in [2.05, 4.69) is 9.97 Å². The van der Waals surface area contributed by atoms with E-state index in [4.69, 9.17) is 23.2 Å². The molecule has 82 valence electrons. The van der Waals surface area contributed by atoms with Crippen LogP contribution in [0.2, 0.25) is 10.0 Å². The molecule has 0 atom stereocenters. The van der Waals surface area contributed by atoms with Gasteiger partial charge in [0.05, 0.1) is 17.3 Å². The van der Waals surface area contributed by atoms with Crippen molar-refractivity contribution in [3.63, 3.8) is 0 Å². The third-order valence-electron chi connectivity index (χ3n) is 2.14. The van der Waals surface area contributed by atoms with Crippen molar-refractivity contribution in [3.8, 4) is 11.3 Å². The molecule has 5 heteroatoms. The van der Waals surface area contributed by atoms with E-state index >= 15 is 0 Å². The lowest BCUT2D eigenvalue weighted by molar-refractivity contribution is 0.281. The number of aliphatic hydroxyl groups excluding tert-OH is 1. The summed E-state index contributed by atoms with van der Waals surface area (Å²) in [5.41, 5.74) is 1.99. The van der Waals surface area contributed by atoms with Crippen molar-refractivity contribution in [3.05, 3.63) is 46.3 Å². The first-order valence-electron chi connectivity index (χ1n) is 4.57.